The van der Waals surface area contributed by atoms with Crippen molar-refractivity contribution in [1.82, 2.24) is 0 Å². The van der Waals surface area contributed by atoms with Crippen LogP contribution in [0.25, 0.3) is 0 Å². The van der Waals surface area contributed by atoms with Gasteiger partial charge in [-0.05, 0) is 18.6 Å². The zero-order valence-corrected chi connectivity index (χ0v) is 10.8. The maximum atomic E-state index is 6.07. The van der Waals surface area contributed by atoms with Gasteiger partial charge in [-0.2, -0.15) is 0 Å². The summed E-state index contributed by atoms with van der Waals surface area (Å²) in [7, 11) is 1.55. The number of methoxy groups -OCH3 is 1. The summed E-state index contributed by atoms with van der Waals surface area (Å²) >= 11 is 11.0. The van der Waals surface area contributed by atoms with E-state index in [-0.39, 0.29) is 4.99 Å². The zero-order valence-electron chi connectivity index (χ0n) is 9.25. The molecule has 0 spiro atoms. The van der Waals surface area contributed by atoms with Crippen LogP contribution in [-0.2, 0) is 0 Å². The summed E-state index contributed by atoms with van der Waals surface area (Å²) in [5.74, 6) is 1.08. The molecular formula is C11H14ClNO2S. The zero-order chi connectivity index (χ0) is 12.1. The van der Waals surface area contributed by atoms with E-state index < -0.39 is 0 Å². The van der Waals surface area contributed by atoms with Crippen LogP contribution in [0, 0.1) is 0 Å². The highest BCUT2D eigenvalue weighted by Gasteiger charge is 2.12. The average Bonchev–Trinajstić information content (AvgIpc) is 2.26. The topological polar surface area (TPSA) is 44.5 Å². The van der Waals surface area contributed by atoms with Crippen LogP contribution >= 0.6 is 23.8 Å². The van der Waals surface area contributed by atoms with Gasteiger partial charge in [-0.25, -0.2) is 0 Å². The van der Waals surface area contributed by atoms with Crippen LogP contribution in [0.1, 0.15) is 18.9 Å². The van der Waals surface area contributed by atoms with Crippen molar-refractivity contribution in [3.8, 4) is 11.5 Å². The molecule has 1 rings (SSSR count). The Morgan fingerprint density at radius 1 is 1.50 bits per heavy atom. The van der Waals surface area contributed by atoms with Crippen molar-refractivity contribution in [2.45, 2.75) is 13.3 Å². The second-order valence-corrected chi connectivity index (χ2v) is 4.05. The molecule has 3 nitrogen and oxygen atoms in total. The smallest absolute Gasteiger partial charge is 0.179 e. The highest BCUT2D eigenvalue weighted by molar-refractivity contribution is 7.80. The Labute approximate surface area is 105 Å². The van der Waals surface area contributed by atoms with E-state index in [2.05, 4.69) is 0 Å². The van der Waals surface area contributed by atoms with Crippen molar-refractivity contribution in [1.29, 1.82) is 0 Å². The normalized spacial score (nSPS) is 9.94. The quantitative estimate of drug-likeness (QED) is 0.826. The molecular weight excluding hydrogens is 246 g/mol. The third-order valence-corrected chi connectivity index (χ3v) is 2.48. The molecule has 0 atom stereocenters. The monoisotopic (exact) mass is 259 g/mol. The van der Waals surface area contributed by atoms with Crippen molar-refractivity contribution in [2.75, 3.05) is 13.7 Å². The molecule has 1 aromatic carbocycles. The first-order valence-electron chi connectivity index (χ1n) is 4.90. The summed E-state index contributed by atoms with van der Waals surface area (Å²) in [4.78, 5) is 0.280. The minimum atomic E-state index is 0.280. The van der Waals surface area contributed by atoms with E-state index in [9.17, 15) is 0 Å². The summed E-state index contributed by atoms with van der Waals surface area (Å²) in [5, 5.41) is 0.454. The van der Waals surface area contributed by atoms with E-state index in [0.29, 0.717) is 28.7 Å². The highest BCUT2D eigenvalue weighted by Crippen LogP contribution is 2.36. The van der Waals surface area contributed by atoms with Crippen molar-refractivity contribution in [2.24, 2.45) is 5.73 Å². The van der Waals surface area contributed by atoms with Crippen LogP contribution in [0.3, 0.4) is 0 Å². The summed E-state index contributed by atoms with van der Waals surface area (Å²) in [6.45, 7) is 2.60. The van der Waals surface area contributed by atoms with Gasteiger partial charge >= 0.3 is 0 Å². The Balaban J connectivity index is 3.12. The number of nitrogens with two attached hydrogens (primary N) is 1. The summed E-state index contributed by atoms with van der Waals surface area (Å²) in [6, 6.07) is 3.40. The van der Waals surface area contributed by atoms with E-state index in [4.69, 9.17) is 39.0 Å². The standard InChI is InChI=1S/C11H14ClNO2S/c1-3-4-15-10-8(12)5-7(11(13)16)6-9(10)14-2/h5-6H,3-4H2,1-2H3,(H2,13,16). The first-order valence-corrected chi connectivity index (χ1v) is 5.68. The predicted octanol–water partition coefficient (Wildman–Crippen LogP) is 2.77. The Morgan fingerprint density at radius 2 is 2.19 bits per heavy atom. The van der Waals surface area contributed by atoms with Crippen molar-refractivity contribution < 1.29 is 9.47 Å². The van der Waals surface area contributed by atoms with Crippen LogP contribution < -0.4 is 15.2 Å². The van der Waals surface area contributed by atoms with Gasteiger partial charge in [-0.15, -0.1) is 0 Å². The number of thiocarbonyl (C=S) groups is 1. The summed E-state index contributed by atoms with van der Waals surface area (Å²) in [5.41, 5.74) is 6.20. The lowest BCUT2D eigenvalue weighted by Crippen LogP contribution is -2.10. The van der Waals surface area contributed by atoms with Gasteiger partial charge in [0.2, 0.25) is 0 Å². The van der Waals surface area contributed by atoms with E-state index in [1.54, 1.807) is 19.2 Å². The van der Waals surface area contributed by atoms with Gasteiger partial charge in [0.15, 0.2) is 11.5 Å². The molecule has 16 heavy (non-hydrogen) atoms. The lowest BCUT2D eigenvalue weighted by atomic mass is 10.2. The van der Waals surface area contributed by atoms with Crippen LogP contribution in [0.15, 0.2) is 12.1 Å². The SMILES string of the molecule is CCCOc1c(Cl)cc(C(N)=S)cc1OC. The number of benzene rings is 1. The molecule has 1 aromatic rings. The Bertz CT molecular complexity index is 396. The lowest BCUT2D eigenvalue weighted by Gasteiger charge is -2.13. The fourth-order valence-electron chi connectivity index (χ4n) is 1.21. The molecule has 0 saturated heterocycles. The third kappa shape index (κ3) is 3.00. The molecule has 0 aromatic heterocycles. The van der Waals surface area contributed by atoms with Crippen LogP contribution in [-0.4, -0.2) is 18.7 Å². The van der Waals surface area contributed by atoms with Gasteiger partial charge < -0.3 is 15.2 Å². The molecule has 0 aliphatic carbocycles. The van der Waals surface area contributed by atoms with Crippen LogP contribution in [0.4, 0.5) is 0 Å². The second kappa shape index (κ2) is 5.92. The number of hydrogen-bond donors (Lipinski definition) is 1. The molecule has 0 bridgehead atoms. The number of hydrogen-bond acceptors (Lipinski definition) is 3. The van der Waals surface area contributed by atoms with E-state index >= 15 is 0 Å². The van der Waals surface area contributed by atoms with Gasteiger partial charge in [-0.1, -0.05) is 30.7 Å². The molecule has 0 heterocycles. The van der Waals surface area contributed by atoms with Crippen molar-refractivity contribution >= 4 is 28.8 Å². The van der Waals surface area contributed by atoms with Gasteiger partial charge in [0.05, 0.1) is 18.7 Å². The summed E-state index contributed by atoms with van der Waals surface area (Å²) in [6.07, 6.45) is 0.899. The minimum Gasteiger partial charge on any atom is -0.493 e. The molecule has 0 unspecified atom stereocenters. The fourth-order valence-corrected chi connectivity index (χ4v) is 1.59. The fraction of sp³-hybridized carbons (Fsp3) is 0.364. The van der Waals surface area contributed by atoms with Crippen LogP contribution in [0.2, 0.25) is 5.02 Å². The number of rotatable bonds is 5. The van der Waals surface area contributed by atoms with Crippen molar-refractivity contribution in [3.05, 3.63) is 22.7 Å². The average molecular weight is 260 g/mol. The Kier molecular flexibility index (Phi) is 4.83. The maximum absolute atomic E-state index is 6.07. The van der Waals surface area contributed by atoms with Crippen LogP contribution in [0.5, 0.6) is 11.5 Å². The molecule has 0 amide bonds. The highest BCUT2D eigenvalue weighted by atomic mass is 35.5. The first kappa shape index (κ1) is 13.1. The van der Waals surface area contributed by atoms with E-state index in [1.165, 1.54) is 0 Å². The number of ether oxygens (including phenoxy) is 2. The molecule has 2 N–H and O–H groups in total. The Hall–Kier alpha value is -1.00. The predicted molar refractivity (Wildman–Crippen MR) is 69.7 cm³/mol. The third-order valence-electron chi connectivity index (χ3n) is 1.96. The largest absolute Gasteiger partial charge is 0.493 e. The molecule has 0 fully saturated rings. The second-order valence-electron chi connectivity index (χ2n) is 3.20. The Morgan fingerprint density at radius 3 is 2.69 bits per heavy atom. The van der Waals surface area contributed by atoms with Gasteiger partial charge in [0, 0.05) is 5.56 Å². The van der Waals surface area contributed by atoms with Gasteiger partial charge in [-0.3, -0.25) is 0 Å². The molecule has 0 aliphatic heterocycles. The van der Waals surface area contributed by atoms with E-state index in [1.807, 2.05) is 6.92 Å². The summed E-state index contributed by atoms with van der Waals surface area (Å²) < 4.78 is 10.7. The minimum absolute atomic E-state index is 0.280. The van der Waals surface area contributed by atoms with Gasteiger partial charge in [0.1, 0.15) is 4.99 Å². The molecule has 5 heteroatoms. The lowest BCUT2D eigenvalue weighted by molar-refractivity contribution is 0.294. The number of halogens is 1. The van der Waals surface area contributed by atoms with E-state index in [0.717, 1.165) is 6.42 Å². The molecule has 88 valence electrons. The molecule has 0 aliphatic rings. The van der Waals surface area contributed by atoms with Gasteiger partial charge in [0.25, 0.3) is 0 Å². The van der Waals surface area contributed by atoms with Crippen molar-refractivity contribution in [3.63, 3.8) is 0 Å². The molecule has 0 radical (unpaired) electrons. The first-order chi connectivity index (χ1) is 7.60. The molecule has 0 saturated carbocycles. The maximum Gasteiger partial charge on any atom is 0.179 e.